The SMILES string of the molecule is C=CC(=O)NC1COc2cccc(Oc3ccc(Cl)cc3)c2C1. The normalized spacial score (nSPS) is 16.0. The van der Waals surface area contributed by atoms with Gasteiger partial charge in [0.05, 0.1) is 6.04 Å². The average molecular weight is 330 g/mol. The highest BCUT2D eigenvalue weighted by atomic mass is 35.5. The number of carbonyl (C=O) groups excluding carboxylic acids is 1. The molecular formula is C18H16ClNO3. The van der Waals surface area contributed by atoms with Crippen molar-refractivity contribution in [1.82, 2.24) is 5.32 Å². The second-order valence-corrected chi connectivity index (χ2v) is 5.65. The van der Waals surface area contributed by atoms with E-state index in [0.29, 0.717) is 29.5 Å². The van der Waals surface area contributed by atoms with E-state index in [0.717, 1.165) is 11.3 Å². The van der Waals surface area contributed by atoms with Crippen LogP contribution in [0.25, 0.3) is 0 Å². The van der Waals surface area contributed by atoms with Crippen LogP contribution in [-0.2, 0) is 11.2 Å². The molecule has 0 saturated carbocycles. The monoisotopic (exact) mass is 329 g/mol. The van der Waals surface area contributed by atoms with Crippen LogP contribution in [0.4, 0.5) is 0 Å². The lowest BCUT2D eigenvalue weighted by atomic mass is 10.0. The zero-order chi connectivity index (χ0) is 16.2. The Bertz CT molecular complexity index is 728. The molecule has 4 nitrogen and oxygen atoms in total. The predicted octanol–water partition coefficient (Wildman–Crippen LogP) is 3.74. The highest BCUT2D eigenvalue weighted by Crippen LogP contribution is 2.35. The minimum absolute atomic E-state index is 0.108. The number of rotatable bonds is 4. The molecule has 0 aliphatic carbocycles. The molecule has 0 saturated heterocycles. The molecule has 1 unspecified atom stereocenters. The smallest absolute Gasteiger partial charge is 0.243 e. The molecule has 0 bridgehead atoms. The van der Waals surface area contributed by atoms with E-state index in [-0.39, 0.29) is 11.9 Å². The topological polar surface area (TPSA) is 47.6 Å². The molecule has 2 aromatic rings. The minimum atomic E-state index is -0.210. The standard InChI is InChI=1S/C18H16ClNO3/c1-2-18(21)20-13-10-15-16(22-11-13)4-3-5-17(15)23-14-8-6-12(19)7-9-14/h2-9,13H,1,10-11H2,(H,20,21). The van der Waals surface area contributed by atoms with E-state index in [1.165, 1.54) is 6.08 Å². The predicted molar refractivity (Wildman–Crippen MR) is 89.3 cm³/mol. The fourth-order valence-corrected chi connectivity index (χ4v) is 2.58. The van der Waals surface area contributed by atoms with E-state index in [1.807, 2.05) is 30.3 Å². The maximum Gasteiger partial charge on any atom is 0.243 e. The highest BCUT2D eigenvalue weighted by Gasteiger charge is 2.24. The van der Waals surface area contributed by atoms with Gasteiger partial charge < -0.3 is 14.8 Å². The summed E-state index contributed by atoms with van der Waals surface area (Å²) in [6.07, 6.45) is 1.89. The number of hydrogen-bond acceptors (Lipinski definition) is 3. The summed E-state index contributed by atoms with van der Waals surface area (Å²) in [5, 5.41) is 3.51. The number of nitrogens with one attached hydrogen (secondary N) is 1. The maximum atomic E-state index is 11.5. The van der Waals surface area contributed by atoms with Gasteiger partial charge in [0, 0.05) is 17.0 Å². The molecule has 23 heavy (non-hydrogen) atoms. The first-order valence-electron chi connectivity index (χ1n) is 7.27. The molecule has 1 aliphatic rings. The summed E-state index contributed by atoms with van der Waals surface area (Å²) in [7, 11) is 0. The van der Waals surface area contributed by atoms with Crippen LogP contribution in [0.15, 0.2) is 55.1 Å². The molecule has 0 fully saturated rings. The summed E-state index contributed by atoms with van der Waals surface area (Å²) in [4.78, 5) is 11.5. The van der Waals surface area contributed by atoms with Gasteiger partial charge in [-0.25, -0.2) is 0 Å². The lowest BCUT2D eigenvalue weighted by molar-refractivity contribution is -0.117. The summed E-state index contributed by atoms with van der Waals surface area (Å²) in [5.74, 6) is 1.97. The first-order valence-corrected chi connectivity index (χ1v) is 7.64. The molecule has 1 aliphatic heterocycles. The third-order valence-corrected chi connectivity index (χ3v) is 3.81. The average Bonchev–Trinajstić information content (AvgIpc) is 2.57. The molecule has 5 heteroatoms. The molecule has 1 atom stereocenters. The van der Waals surface area contributed by atoms with Gasteiger partial charge in [0.25, 0.3) is 0 Å². The molecular weight excluding hydrogens is 314 g/mol. The molecule has 0 aromatic heterocycles. The molecule has 3 rings (SSSR count). The lowest BCUT2D eigenvalue weighted by Crippen LogP contribution is -2.42. The Hall–Kier alpha value is -2.46. The van der Waals surface area contributed by atoms with Crippen molar-refractivity contribution >= 4 is 17.5 Å². The lowest BCUT2D eigenvalue weighted by Gasteiger charge is -2.27. The Kier molecular flexibility index (Phi) is 4.53. The molecule has 2 aromatic carbocycles. The van der Waals surface area contributed by atoms with Crippen molar-refractivity contribution in [3.63, 3.8) is 0 Å². The summed E-state index contributed by atoms with van der Waals surface area (Å²) in [5.41, 5.74) is 0.933. The van der Waals surface area contributed by atoms with Gasteiger partial charge in [-0.1, -0.05) is 24.2 Å². The Morgan fingerprint density at radius 1 is 1.30 bits per heavy atom. The Morgan fingerprint density at radius 3 is 2.83 bits per heavy atom. The van der Waals surface area contributed by atoms with Crippen LogP contribution < -0.4 is 14.8 Å². The van der Waals surface area contributed by atoms with E-state index in [4.69, 9.17) is 21.1 Å². The van der Waals surface area contributed by atoms with Gasteiger partial charge >= 0.3 is 0 Å². The fourth-order valence-electron chi connectivity index (χ4n) is 2.46. The van der Waals surface area contributed by atoms with Crippen molar-refractivity contribution < 1.29 is 14.3 Å². The number of fused-ring (bicyclic) bond motifs is 1. The molecule has 1 heterocycles. The van der Waals surface area contributed by atoms with E-state index < -0.39 is 0 Å². The maximum absolute atomic E-state index is 11.5. The van der Waals surface area contributed by atoms with E-state index in [2.05, 4.69) is 11.9 Å². The first kappa shape index (κ1) is 15.4. The fraction of sp³-hybridized carbons (Fsp3) is 0.167. The van der Waals surface area contributed by atoms with Gasteiger partial charge in [-0.15, -0.1) is 0 Å². The Morgan fingerprint density at radius 2 is 2.09 bits per heavy atom. The van der Waals surface area contributed by atoms with Gasteiger partial charge in [0.15, 0.2) is 0 Å². The van der Waals surface area contributed by atoms with Crippen LogP contribution in [0.1, 0.15) is 5.56 Å². The van der Waals surface area contributed by atoms with Crippen LogP contribution in [0.3, 0.4) is 0 Å². The molecule has 118 valence electrons. The zero-order valence-corrected chi connectivity index (χ0v) is 13.2. The Balaban J connectivity index is 1.82. The molecule has 1 N–H and O–H groups in total. The van der Waals surface area contributed by atoms with Gasteiger partial charge in [0.2, 0.25) is 5.91 Å². The van der Waals surface area contributed by atoms with Gasteiger partial charge in [-0.05, 0) is 42.5 Å². The molecule has 0 radical (unpaired) electrons. The number of halogens is 1. The summed E-state index contributed by atoms with van der Waals surface area (Å²) >= 11 is 5.89. The van der Waals surface area contributed by atoms with E-state index >= 15 is 0 Å². The van der Waals surface area contributed by atoms with E-state index in [9.17, 15) is 4.79 Å². The first-order chi connectivity index (χ1) is 11.2. The van der Waals surface area contributed by atoms with Gasteiger partial charge in [0.1, 0.15) is 23.9 Å². The largest absolute Gasteiger partial charge is 0.491 e. The molecule has 1 amide bonds. The molecule has 0 spiro atoms. The summed E-state index contributed by atoms with van der Waals surface area (Å²) in [6.45, 7) is 3.89. The van der Waals surface area contributed by atoms with Crippen molar-refractivity contribution in [3.8, 4) is 17.2 Å². The highest BCUT2D eigenvalue weighted by molar-refractivity contribution is 6.30. The number of carbonyl (C=O) groups is 1. The van der Waals surface area contributed by atoms with E-state index in [1.54, 1.807) is 12.1 Å². The van der Waals surface area contributed by atoms with Crippen molar-refractivity contribution in [3.05, 3.63) is 65.7 Å². The third kappa shape index (κ3) is 3.66. The van der Waals surface area contributed by atoms with Crippen LogP contribution in [0, 0.1) is 0 Å². The summed E-state index contributed by atoms with van der Waals surface area (Å²) in [6, 6.07) is 12.7. The number of benzene rings is 2. The quantitative estimate of drug-likeness (QED) is 0.869. The Labute approximate surface area is 139 Å². The van der Waals surface area contributed by atoms with Crippen molar-refractivity contribution in [1.29, 1.82) is 0 Å². The minimum Gasteiger partial charge on any atom is -0.491 e. The second kappa shape index (κ2) is 6.75. The van der Waals surface area contributed by atoms with Crippen LogP contribution in [0.2, 0.25) is 5.02 Å². The van der Waals surface area contributed by atoms with Crippen LogP contribution in [-0.4, -0.2) is 18.6 Å². The number of amides is 1. The van der Waals surface area contributed by atoms with Crippen molar-refractivity contribution in [2.75, 3.05) is 6.61 Å². The van der Waals surface area contributed by atoms with Gasteiger partial charge in [-0.2, -0.15) is 0 Å². The third-order valence-electron chi connectivity index (χ3n) is 3.55. The van der Waals surface area contributed by atoms with Gasteiger partial charge in [-0.3, -0.25) is 4.79 Å². The zero-order valence-electron chi connectivity index (χ0n) is 12.4. The number of ether oxygens (including phenoxy) is 2. The second-order valence-electron chi connectivity index (χ2n) is 5.21. The van der Waals surface area contributed by atoms with Crippen LogP contribution in [0.5, 0.6) is 17.2 Å². The number of hydrogen-bond donors (Lipinski definition) is 1. The van der Waals surface area contributed by atoms with Crippen molar-refractivity contribution in [2.45, 2.75) is 12.5 Å². The van der Waals surface area contributed by atoms with Crippen LogP contribution >= 0.6 is 11.6 Å². The summed E-state index contributed by atoms with van der Waals surface area (Å²) < 4.78 is 11.7. The van der Waals surface area contributed by atoms with Crippen molar-refractivity contribution in [2.24, 2.45) is 0 Å².